The lowest BCUT2D eigenvalue weighted by Gasteiger charge is -2.27. The second kappa shape index (κ2) is 6.39. The van der Waals surface area contributed by atoms with Gasteiger partial charge in [-0.05, 0) is 36.5 Å². The summed E-state index contributed by atoms with van der Waals surface area (Å²) < 4.78 is 39.3. The van der Waals surface area contributed by atoms with Gasteiger partial charge in [-0.1, -0.05) is 25.8 Å². The van der Waals surface area contributed by atoms with E-state index in [0.717, 1.165) is 25.3 Å². The number of aliphatic hydroxyl groups is 1. The van der Waals surface area contributed by atoms with Crippen LogP contribution < -0.4 is 0 Å². The Labute approximate surface area is 121 Å². The van der Waals surface area contributed by atoms with Crippen LogP contribution in [0.5, 0.6) is 0 Å². The van der Waals surface area contributed by atoms with E-state index in [4.69, 9.17) is 5.11 Å². The summed E-state index contributed by atoms with van der Waals surface area (Å²) in [5, 5.41) is 9.26. The van der Waals surface area contributed by atoms with Crippen LogP contribution in [0.15, 0.2) is 23.1 Å². The Hall–Kier alpha value is -0.680. The largest absolute Gasteiger partial charge is 0.417 e. The molecule has 1 saturated carbocycles. The molecule has 1 aromatic carbocycles. The summed E-state index contributed by atoms with van der Waals surface area (Å²) in [5.41, 5.74) is -0.314. The number of alkyl halides is 3. The maximum atomic E-state index is 13.1. The van der Waals surface area contributed by atoms with Gasteiger partial charge in [-0.3, -0.25) is 0 Å². The van der Waals surface area contributed by atoms with Crippen LogP contribution in [0, 0.1) is 5.92 Å². The van der Waals surface area contributed by atoms with Crippen LogP contribution in [0.25, 0.3) is 0 Å². The van der Waals surface area contributed by atoms with Gasteiger partial charge in [-0.25, -0.2) is 0 Å². The summed E-state index contributed by atoms with van der Waals surface area (Å²) in [7, 11) is 0. The van der Waals surface area contributed by atoms with Gasteiger partial charge in [0.05, 0.1) is 12.2 Å². The molecule has 0 amide bonds. The van der Waals surface area contributed by atoms with Crippen molar-refractivity contribution in [3.8, 4) is 0 Å². The first kappa shape index (κ1) is 15.7. The van der Waals surface area contributed by atoms with E-state index in [2.05, 4.69) is 6.92 Å². The summed E-state index contributed by atoms with van der Waals surface area (Å²) in [5.74, 6) is 0.590. The van der Waals surface area contributed by atoms with Crippen LogP contribution in [0.4, 0.5) is 13.2 Å². The van der Waals surface area contributed by atoms with Gasteiger partial charge in [0.15, 0.2) is 0 Å². The van der Waals surface area contributed by atoms with Crippen LogP contribution in [-0.2, 0) is 12.8 Å². The second-order valence-corrected chi connectivity index (χ2v) is 6.84. The van der Waals surface area contributed by atoms with Crippen LogP contribution in [-0.4, -0.2) is 10.4 Å². The molecule has 0 bridgehead atoms. The van der Waals surface area contributed by atoms with E-state index < -0.39 is 11.7 Å². The van der Waals surface area contributed by atoms with Crippen molar-refractivity contribution in [2.75, 3.05) is 0 Å². The average Bonchev–Trinajstić information content (AvgIpc) is 2.38. The van der Waals surface area contributed by atoms with E-state index in [1.165, 1.54) is 24.2 Å². The lowest BCUT2D eigenvalue weighted by molar-refractivity contribution is -0.139. The third kappa shape index (κ3) is 3.92. The molecule has 1 aliphatic rings. The fourth-order valence-electron chi connectivity index (χ4n) is 2.66. The molecule has 0 aliphatic heterocycles. The molecule has 0 saturated heterocycles. The minimum atomic E-state index is -4.37. The summed E-state index contributed by atoms with van der Waals surface area (Å²) >= 11 is 1.34. The highest BCUT2D eigenvalue weighted by molar-refractivity contribution is 8.00. The highest BCUT2D eigenvalue weighted by Crippen LogP contribution is 2.42. The van der Waals surface area contributed by atoms with E-state index >= 15 is 0 Å². The number of thioether (sulfide) groups is 1. The standard InChI is InChI=1S/C15H19F3OS/c1-10-3-2-4-12(7-10)20-14-6-5-11(9-19)8-13(14)15(16,17)18/h5-6,8,10,12,19H,2-4,7,9H2,1H3. The number of hydrogen-bond acceptors (Lipinski definition) is 2. The first-order valence-electron chi connectivity index (χ1n) is 6.87. The summed E-state index contributed by atoms with van der Waals surface area (Å²) in [4.78, 5) is 0.286. The molecule has 112 valence electrons. The van der Waals surface area contributed by atoms with Crippen LogP contribution in [0.1, 0.15) is 43.7 Å². The summed E-state index contributed by atoms with van der Waals surface area (Å²) in [6.07, 6.45) is -0.146. The van der Waals surface area contributed by atoms with Crippen molar-refractivity contribution < 1.29 is 18.3 Å². The highest BCUT2D eigenvalue weighted by Gasteiger charge is 2.34. The number of halogens is 3. The molecule has 0 heterocycles. The van der Waals surface area contributed by atoms with Crippen molar-refractivity contribution in [1.29, 1.82) is 0 Å². The molecule has 0 spiro atoms. The molecule has 2 rings (SSSR count). The van der Waals surface area contributed by atoms with Gasteiger partial charge < -0.3 is 5.11 Å². The number of rotatable bonds is 3. The third-order valence-electron chi connectivity index (χ3n) is 3.71. The normalized spacial score (nSPS) is 23.9. The molecular weight excluding hydrogens is 285 g/mol. The second-order valence-electron chi connectivity index (χ2n) is 5.50. The Bertz CT molecular complexity index is 459. The fourth-order valence-corrected chi connectivity index (χ4v) is 4.18. The Morgan fingerprint density at radius 3 is 2.65 bits per heavy atom. The predicted molar refractivity (Wildman–Crippen MR) is 74.6 cm³/mol. The van der Waals surface area contributed by atoms with Gasteiger partial charge in [0.1, 0.15) is 0 Å². The van der Waals surface area contributed by atoms with Gasteiger partial charge in [0.2, 0.25) is 0 Å². The maximum absolute atomic E-state index is 13.1. The molecule has 2 unspecified atom stereocenters. The monoisotopic (exact) mass is 304 g/mol. The van der Waals surface area contributed by atoms with Crippen molar-refractivity contribution in [1.82, 2.24) is 0 Å². The van der Waals surface area contributed by atoms with E-state index in [0.29, 0.717) is 11.5 Å². The smallest absolute Gasteiger partial charge is 0.392 e. The van der Waals surface area contributed by atoms with Gasteiger partial charge in [0, 0.05) is 10.1 Å². The predicted octanol–water partition coefficient (Wildman–Crippen LogP) is 4.87. The van der Waals surface area contributed by atoms with Crippen molar-refractivity contribution >= 4 is 11.8 Å². The maximum Gasteiger partial charge on any atom is 0.417 e. The zero-order valence-electron chi connectivity index (χ0n) is 11.4. The van der Waals surface area contributed by atoms with Crippen LogP contribution in [0.3, 0.4) is 0 Å². The van der Waals surface area contributed by atoms with E-state index in [-0.39, 0.29) is 16.8 Å². The minimum absolute atomic E-state index is 0.264. The minimum Gasteiger partial charge on any atom is -0.392 e. The van der Waals surface area contributed by atoms with Crippen molar-refractivity contribution in [2.24, 2.45) is 5.92 Å². The lowest BCUT2D eigenvalue weighted by Crippen LogP contribution is -2.16. The quantitative estimate of drug-likeness (QED) is 0.860. The molecule has 1 aliphatic carbocycles. The highest BCUT2D eigenvalue weighted by atomic mass is 32.2. The Kier molecular flexibility index (Phi) is 5.02. The molecule has 0 radical (unpaired) electrons. The van der Waals surface area contributed by atoms with Gasteiger partial charge in [-0.2, -0.15) is 13.2 Å². The van der Waals surface area contributed by atoms with Gasteiger partial charge >= 0.3 is 6.18 Å². The van der Waals surface area contributed by atoms with Crippen molar-refractivity contribution in [3.63, 3.8) is 0 Å². The molecular formula is C15H19F3OS. The van der Waals surface area contributed by atoms with E-state index in [1.54, 1.807) is 6.07 Å². The summed E-state index contributed by atoms with van der Waals surface area (Å²) in [6, 6.07) is 4.14. The zero-order chi connectivity index (χ0) is 14.8. The van der Waals surface area contributed by atoms with Gasteiger partial charge in [-0.15, -0.1) is 11.8 Å². The number of benzene rings is 1. The number of aliphatic hydroxyl groups excluding tert-OH is 1. The molecule has 1 fully saturated rings. The molecule has 1 N–H and O–H groups in total. The van der Waals surface area contributed by atoms with Gasteiger partial charge in [0.25, 0.3) is 0 Å². The molecule has 5 heteroatoms. The van der Waals surface area contributed by atoms with Crippen LogP contribution in [0.2, 0.25) is 0 Å². The topological polar surface area (TPSA) is 20.2 Å². The average molecular weight is 304 g/mol. The van der Waals surface area contributed by atoms with Crippen LogP contribution >= 0.6 is 11.8 Å². The van der Waals surface area contributed by atoms with Crippen molar-refractivity contribution in [2.45, 2.75) is 55.5 Å². The first-order chi connectivity index (χ1) is 9.40. The molecule has 1 nitrogen and oxygen atoms in total. The Morgan fingerprint density at radius 1 is 1.30 bits per heavy atom. The molecule has 1 aromatic rings. The molecule has 2 atom stereocenters. The Morgan fingerprint density at radius 2 is 2.05 bits per heavy atom. The fraction of sp³-hybridized carbons (Fsp3) is 0.600. The Balaban J connectivity index is 2.22. The number of hydrogen-bond donors (Lipinski definition) is 1. The lowest BCUT2D eigenvalue weighted by atomic mass is 9.91. The molecule has 0 aromatic heterocycles. The third-order valence-corrected chi connectivity index (χ3v) is 5.09. The summed E-state index contributed by atoms with van der Waals surface area (Å²) in [6.45, 7) is 1.79. The van der Waals surface area contributed by atoms with E-state index in [9.17, 15) is 13.2 Å². The first-order valence-corrected chi connectivity index (χ1v) is 7.75. The SMILES string of the molecule is CC1CCCC(Sc2ccc(CO)cc2C(F)(F)F)C1. The van der Waals surface area contributed by atoms with E-state index in [1.807, 2.05) is 0 Å². The zero-order valence-corrected chi connectivity index (χ0v) is 12.2. The molecule has 20 heavy (non-hydrogen) atoms. The van der Waals surface area contributed by atoms with Crippen molar-refractivity contribution in [3.05, 3.63) is 29.3 Å².